The molecular formula is C11H12O2. The fourth-order valence-electron chi connectivity index (χ4n) is 2.57. The summed E-state index contributed by atoms with van der Waals surface area (Å²) >= 11 is 0. The molecule has 0 spiro atoms. The maximum atomic E-state index is 5.47. The number of ether oxygens (including phenoxy) is 2. The first-order chi connectivity index (χ1) is 6.40. The van der Waals surface area contributed by atoms with Crippen LogP contribution in [0, 0.1) is 0 Å². The Labute approximate surface area is 77.2 Å². The Morgan fingerprint density at radius 1 is 1.00 bits per heavy atom. The van der Waals surface area contributed by atoms with Gasteiger partial charge >= 0.3 is 0 Å². The van der Waals surface area contributed by atoms with Gasteiger partial charge in [-0.3, -0.25) is 0 Å². The van der Waals surface area contributed by atoms with Gasteiger partial charge in [0.15, 0.2) is 0 Å². The molecule has 2 fully saturated rings. The third-order valence-corrected chi connectivity index (χ3v) is 3.51. The number of hydrogen-bond donors (Lipinski definition) is 0. The van der Waals surface area contributed by atoms with E-state index in [1.807, 2.05) is 0 Å². The van der Waals surface area contributed by atoms with Gasteiger partial charge < -0.3 is 9.47 Å². The van der Waals surface area contributed by atoms with E-state index in [1.165, 1.54) is 24.0 Å². The summed E-state index contributed by atoms with van der Waals surface area (Å²) in [6, 6.07) is 0. The van der Waals surface area contributed by atoms with Gasteiger partial charge in [0.2, 0.25) is 0 Å². The molecule has 0 aromatic carbocycles. The molecule has 0 N–H and O–H groups in total. The minimum atomic E-state index is 0.461. The molecule has 2 heteroatoms. The molecule has 0 aromatic heterocycles. The predicted octanol–water partition coefficient (Wildman–Crippen LogP) is 1.57. The molecule has 4 atom stereocenters. The van der Waals surface area contributed by atoms with E-state index in [9.17, 15) is 0 Å². The minimum absolute atomic E-state index is 0.461. The number of allylic oxidation sites excluding steroid dienone is 1. The van der Waals surface area contributed by atoms with Gasteiger partial charge in [-0.1, -0.05) is 0 Å². The smallest absolute Gasteiger partial charge is 0.103 e. The molecule has 2 aliphatic carbocycles. The van der Waals surface area contributed by atoms with Crippen LogP contribution in [0.3, 0.4) is 0 Å². The minimum Gasteiger partial charge on any atom is -0.365 e. The lowest BCUT2D eigenvalue weighted by Gasteiger charge is -2.11. The van der Waals surface area contributed by atoms with Crippen LogP contribution in [0.5, 0.6) is 0 Å². The monoisotopic (exact) mass is 176 g/mol. The zero-order valence-corrected chi connectivity index (χ0v) is 7.40. The first-order valence-corrected chi connectivity index (χ1v) is 5.13. The Hall–Kier alpha value is -0.600. The van der Waals surface area contributed by atoms with Gasteiger partial charge in [0.05, 0.1) is 12.2 Å². The number of rotatable bonds is 1. The number of hydrogen-bond acceptors (Lipinski definition) is 2. The lowest BCUT2D eigenvalue weighted by molar-refractivity contribution is 0.377. The highest BCUT2D eigenvalue weighted by molar-refractivity contribution is 5.41. The summed E-state index contributed by atoms with van der Waals surface area (Å²) in [7, 11) is 0. The van der Waals surface area contributed by atoms with Crippen molar-refractivity contribution in [2.45, 2.75) is 43.7 Å². The standard InChI is InChI=1S/C11H12O2/c1-2-8-9(12-8)3-6(1)7-4-10-11(5-7)13-10/h3-4,8-11H,1-2,5H2. The second-order valence-corrected chi connectivity index (χ2v) is 4.40. The Kier molecular flexibility index (Phi) is 1.08. The van der Waals surface area contributed by atoms with Gasteiger partial charge in [-0.15, -0.1) is 0 Å². The molecule has 68 valence electrons. The molecule has 0 radical (unpaired) electrons. The first-order valence-electron chi connectivity index (χ1n) is 5.13. The molecule has 0 amide bonds. The molecule has 0 bridgehead atoms. The molecular weight excluding hydrogens is 164 g/mol. The van der Waals surface area contributed by atoms with Crippen LogP contribution in [0.2, 0.25) is 0 Å². The van der Waals surface area contributed by atoms with Crippen molar-refractivity contribution >= 4 is 0 Å². The largest absolute Gasteiger partial charge is 0.365 e. The highest BCUT2D eigenvalue weighted by Crippen LogP contribution is 2.44. The van der Waals surface area contributed by atoms with Crippen molar-refractivity contribution in [3.8, 4) is 0 Å². The van der Waals surface area contributed by atoms with Gasteiger partial charge in [0.25, 0.3) is 0 Å². The quantitative estimate of drug-likeness (QED) is 0.566. The van der Waals surface area contributed by atoms with E-state index in [-0.39, 0.29) is 0 Å². The molecule has 2 saturated heterocycles. The van der Waals surface area contributed by atoms with Crippen LogP contribution in [0.15, 0.2) is 23.3 Å². The molecule has 4 aliphatic rings. The van der Waals surface area contributed by atoms with Crippen molar-refractivity contribution in [2.75, 3.05) is 0 Å². The molecule has 2 nitrogen and oxygen atoms in total. The molecule has 13 heavy (non-hydrogen) atoms. The van der Waals surface area contributed by atoms with Gasteiger partial charge in [-0.05, 0) is 36.1 Å². The fourth-order valence-corrected chi connectivity index (χ4v) is 2.57. The van der Waals surface area contributed by atoms with E-state index in [4.69, 9.17) is 9.47 Å². The van der Waals surface area contributed by atoms with Crippen LogP contribution in [-0.2, 0) is 9.47 Å². The number of epoxide rings is 2. The van der Waals surface area contributed by atoms with Crippen LogP contribution >= 0.6 is 0 Å². The SMILES string of the molecule is C1=C(C2=CC3OC3C2)CCC2OC12. The van der Waals surface area contributed by atoms with E-state index < -0.39 is 0 Å². The van der Waals surface area contributed by atoms with E-state index in [0.29, 0.717) is 24.4 Å². The first kappa shape index (κ1) is 6.80. The Bertz CT molecular complexity index is 329. The van der Waals surface area contributed by atoms with Crippen LogP contribution in [0.25, 0.3) is 0 Å². The summed E-state index contributed by atoms with van der Waals surface area (Å²) in [5, 5.41) is 0. The average Bonchev–Trinajstić information content (AvgIpc) is 3.04. The van der Waals surface area contributed by atoms with Gasteiger partial charge in [-0.2, -0.15) is 0 Å². The van der Waals surface area contributed by atoms with Crippen LogP contribution in [0.4, 0.5) is 0 Å². The van der Waals surface area contributed by atoms with Gasteiger partial charge in [0.1, 0.15) is 12.2 Å². The summed E-state index contributed by atoms with van der Waals surface area (Å²) in [5.74, 6) is 0. The van der Waals surface area contributed by atoms with E-state index >= 15 is 0 Å². The maximum Gasteiger partial charge on any atom is 0.103 e. The van der Waals surface area contributed by atoms with Crippen LogP contribution in [0.1, 0.15) is 19.3 Å². The molecule has 4 unspecified atom stereocenters. The van der Waals surface area contributed by atoms with Gasteiger partial charge in [-0.25, -0.2) is 0 Å². The van der Waals surface area contributed by atoms with Crippen molar-refractivity contribution in [1.29, 1.82) is 0 Å². The van der Waals surface area contributed by atoms with Gasteiger partial charge in [0, 0.05) is 6.42 Å². The van der Waals surface area contributed by atoms with Crippen LogP contribution in [-0.4, -0.2) is 24.4 Å². The Morgan fingerprint density at radius 3 is 2.54 bits per heavy atom. The van der Waals surface area contributed by atoms with Crippen molar-refractivity contribution in [3.63, 3.8) is 0 Å². The highest BCUT2D eigenvalue weighted by atomic mass is 16.6. The molecule has 0 saturated carbocycles. The van der Waals surface area contributed by atoms with E-state index in [1.54, 1.807) is 0 Å². The zero-order valence-electron chi connectivity index (χ0n) is 7.40. The predicted molar refractivity (Wildman–Crippen MR) is 47.3 cm³/mol. The van der Waals surface area contributed by atoms with Crippen molar-refractivity contribution in [2.24, 2.45) is 0 Å². The second-order valence-electron chi connectivity index (χ2n) is 4.40. The molecule has 4 rings (SSSR count). The molecule has 0 aromatic rings. The lowest BCUT2D eigenvalue weighted by atomic mass is 9.93. The second kappa shape index (κ2) is 2.07. The van der Waals surface area contributed by atoms with Crippen LogP contribution < -0.4 is 0 Å². The third kappa shape index (κ3) is 0.960. The van der Waals surface area contributed by atoms with E-state index in [2.05, 4.69) is 12.2 Å². The fraction of sp³-hybridized carbons (Fsp3) is 0.636. The summed E-state index contributed by atoms with van der Waals surface area (Å²) in [6.45, 7) is 0. The summed E-state index contributed by atoms with van der Waals surface area (Å²) in [4.78, 5) is 0. The zero-order chi connectivity index (χ0) is 8.41. The lowest BCUT2D eigenvalue weighted by Crippen LogP contribution is -2.03. The number of fused-ring (bicyclic) bond motifs is 2. The Morgan fingerprint density at radius 2 is 1.77 bits per heavy atom. The molecule has 2 heterocycles. The van der Waals surface area contributed by atoms with Crippen molar-refractivity contribution in [3.05, 3.63) is 23.3 Å². The summed E-state index contributed by atoms with van der Waals surface area (Å²) in [5.41, 5.74) is 3.07. The highest BCUT2D eigenvalue weighted by Gasteiger charge is 2.45. The average molecular weight is 176 g/mol. The Balaban J connectivity index is 1.63. The third-order valence-electron chi connectivity index (χ3n) is 3.51. The topological polar surface area (TPSA) is 25.1 Å². The summed E-state index contributed by atoms with van der Waals surface area (Å²) in [6.07, 6.45) is 10.2. The normalized spacial score (nSPS) is 50.5. The summed E-state index contributed by atoms with van der Waals surface area (Å²) < 4.78 is 10.8. The van der Waals surface area contributed by atoms with Crippen molar-refractivity contribution in [1.82, 2.24) is 0 Å². The maximum absolute atomic E-state index is 5.47. The van der Waals surface area contributed by atoms with E-state index in [0.717, 1.165) is 6.42 Å². The van der Waals surface area contributed by atoms with Crippen molar-refractivity contribution < 1.29 is 9.47 Å². The molecule has 2 aliphatic heterocycles.